The fraction of sp³-hybridized carbons (Fsp3) is 0.375. The number of aryl methyl sites for hydroxylation is 2. The van der Waals surface area contributed by atoms with E-state index in [0.29, 0.717) is 18.2 Å². The van der Waals surface area contributed by atoms with Crippen LogP contribution in [0.2, 0.25) is 0 Å². The zero-order chi connectivity index (χ0) is 14.1. The highest BCUT2D eigenvalue weighted by Crippen LogP contribution is 2.35. The van der Waals surface area contributed by atoms with Gasteiger partial charge < -0.3 is 9.32 Å². The number of hydrogen-bond donors (Lipinski definition) is 0. The number of furan rings is 1. The van der Waals surface area contributed by atoms with Gasteiger partial charge in [-0.05, 0) is 44.9 Å². The molecule has 0 aliphatic heterocycles. The molecule has 0 saturated heterocycles. The Hall–Kier alpha value is -2.28. The van der Waals surface area contributed by atoms with Crippen molar-refractivity contribution < 1.29 is 4.42 Å². The molecule has 1 aliphatic rings. The van der Waals surface area contributed by atoms with Crippen LogP contribution in [0.15, 0.2) is 28.9 Å². The first-order valence-electron chi connectivity index (χ1n) is 6.86. The van der Waals surface area contributed by atoms with Crippen LogP contribution < -0.4 is 4.90 Å². The third kappa shape index (κ3) is 2.39. The quantitative estimate of drug-likeness (QED) is 0.852. The van der Waals surface area contributed by atoms with E-state index in [9.17, 15) is 5.26 Å². The molecular formula is C16H17N3O. The van der Waals surface area contributed by atoms with Crippen molar-refractivity contribution in [3.63, 3.8) is 0 Å². The van der Waals surface area contributed by atoms with E-state index in [1.807, 2.05) is 32.0 Å². The Kier molecular flexibility index (Phi) is 3.19. The predicted octanol–water partition coefficient (Wildman–Crippen LogP) is 3.33. The molecule has 0 amide bonds. The Morgan fingerprint density at radius 2 is 2.25 bits per heavy atom. The van der Waals surface area contributed by atoms with Crippen molar-refractivity contribution in [2.24, 2.45) is 0 Å². The summed E-state index contributed by atoms with van der Waals surface area (Å²) in [4.78, 5) is 6.67. The zero-order valence-corrected chi connectivity index (χ0v) is 11.8. The fourth-order valence-electron chi connectivity index (χ4n) is 2.54. The molecule has 20 heavy (non-hydrogen) atoms. The molecule has 0 unspecified atom stereocenters. The second-order valence-corrected chi connectivity index (χ2v) is 5.29. The summed E-state index contributed by atoms with van der Waals surface area (Å²) in [7, 11) is 0. The summed E-state index contributed by atoms with van der Waals surface area (Å²) in [6, 6.07) is 8.69. The largest absolute Gasteiger partial charge is 0.467 e. The molecule has 2 aromatic heterocycles. The molecule has 0 atom stereocenters. The van der Waals surface area contributed by atoms with Crippen molar-refractivity contribution >= 4 is 5.69 Å². The second kappa shape index (κ2) is 5.01. The van der Waals surface area contributed by atoms with Gasteiger partial charge in [0, 0.05) is 11.7 Å². The Morgan fingerprint density at radius 3 is 2.85 bits per heavy atom. The van der Waals surface area contributed by atoms with Crippen molar-refractivity contribution in [3.8, 4) is 6.07 Å². The first-order chi connectivity index (χ1) is 9.69. The zero-order valence-electron chi connectivity index (χ0n) is 11.8. The van der Waals surface area contributed by atoms with Crippen molar-refractivity contribution in [3.05, 3.63) is 47.2 Å². The molecule has 102 valence electrons. The fourth-order valence-corrected chi connectivity index (χ4v) is 2.54. The Labute approximate surface area is 118 Å². The van der Waals surface area contributed by atoms with Gasteiger partial charge in [0.2, 0.25) is 0 Å². The third-order valence-electron chi connectivity index (χ3n) is 3.62. The molecule has 2 heterocycles. The highest BCUT2D eigenvalue weighted by Gasteiger charge is 2.31. The van der Waals surface area contributed by atoms with E-state index >= 15 is 0 Å². The Bertz CT molecular complexity index is 651. The molecule has 1 saturated carbocycles. The van der Waals surface area contributed by atoms with Crippen LogP contribution in [-0.4, -0.2) is 11.0 Å². The molecule has 4 nitrogen and oxygen atoms in total. The summed E-state index contributed by atoms with van der Waals surface area (Å²) in [6.45, 7) is 4.57. The van der Waals surface area contributed by atoms with E-state index in [1.54, 1.807) is 6.26 Å². The first kappa shape index (κ1) is 12.7. The molecule has 0 bridgehead atoms. The maximum absolute atomic E-state index is 9.43. The average Bonchev–Trinajstić information content (AvgIpc) is 3.12. The van der Waals surface area contributed by atoms with E-state index in [1.165, 1.54) is 12.8 Å². The van der Waals surface area contributed by atoms with Gasteiger partial charge in [-0.25, -0.2) is 0 Å². The molecular weight excluding hydrogens is 250 g/mol. The molecule has 0 radical (unpaired) electrons. The lowest BCUT2D eigenvalue weighted by molar-refractivity contribution is 0.501. The number of pyridine rings is 1. The summed E-state index contributed by atoms with van der Waals surface area (Å²) in [5.41, 5.74) is 3.40. The summed E-state index contributed by atoms with van der Waals surface area (Å²) >= 11 is 0. The minimum Gasteiger partial charge on any atom is -0.467 e. The molecule has 0 spiro atoms. The Balaban J connectivity index is 2.01. The summed E-state index contributed by atoms with van der Waals surface area (Å²) in [5.74, 6) is 0.924. The maximum Gasteiger partial charge on any atom is 0.123 e. The number of nitrogens with zero attached hydrogens (tertiary/aromatic N) is 3. The second-order valence-electron chi connectivity index (χ2n) is 5.29. The van der Waals surface area contributed by atoms with Crippen LogP contribution in [-0.2, 0) is 6.54 Å². The highest BCUT2D eigenvalue weighted by atomic mass is 16.3. The van der Waals surface area contributed by atoms with Gasteiger partial charge in [0.1, 0.15) is 11.8 Å². The number of hydrogen-bond acceptors (Lipinski definition) is 4. The van der Waals surface area contributed by atoms with Crippen LogP contribution in [0.5, 0.6) is 0 Å². The SMILES string of the molecule is Cc1cc(N(Cc2ccco2)C2CC2)c(C#N)c(C)n1. The van der Waals surface area contributed by atoms with E-state index in [-0.39, 0.29) is 0 Å². The smallest absolute Gasteiger partial charge is 0.123 e. The van der Waals surface area contributed by atoms with Gasteiger partial charge in [0.05, 0.1) is 29.8 Å². The molecule has 2 aromatic rings. The summed E-state index contributed by atoms with van der Waals surface area (Å²) < 4.78 is 5.46. The van der Waals surface area contributed by atoms with Crippen LogP contribution >= 0.6 is 0 Å². The molecule has 3 rings (SSSR count). The number of anilines is 1. The van der Waals surface area contributed by atoms with Crippen LogP contribution in [0, 0.1) is 25.2 Å². The number of nitriles is 1. The van der Waals surface area contributed by atoms with Gasteiger partial charge in [-0.2, -0.15) is 5.26 Å². The van der Waals surface area contributed by atoms with Crippen molar-refractivity contribution in [2.75, 3.05) is 4.90 Å². The summed E-state index contributed by atoms with van der Waals surface area (Å²) in [6.07, 6.45) is 4.03. The maximum atomic E-state index is 9.43. The molecule has 0 N–H and O–H groups in total. The predicted molar refractivity (Wildman–Crippen MR) is 76.3 cm³/mol. The first-order valence-corrected chi connectivity index (χ1v) is 6.86. The van der Waals surface area contributed by atoms with Crippen LogP contribution in [0.25, 0.3) is 0 Å². The monoisotopic (exact) mass is 267 g/mol. The van der Waals surface area contributed by atoms with Crippen molar-refractivity contribution in [1.29, 1.82) is 5.26 Å². The minimum atomic E-state index is 0.508. The van der Waals surface area contributed by atoms with Crippen LogP contribution in [0.1, 0.15) is 35.6 Å². The van der Waals surface area contributed by atoms with E-state index in [2.05, 4.69) is 16.0 Å². The topological polar surface area (TPSA) is 53.1 Å². The van der Waals surface area contributed by atoms with Crippen LogP contribution in [0.4, 0.5) is 5.69 Å². The molecule has 0 aromatic carbocycles. The lowest BCUT2D eigenvalue weighted by atomic mass is 10.1. The molecule has 1 aliphatic carbocycles. The molecule has 4 heteroatoms. The summed E-state index contributed by atoms with van der Waals surface area (Å²) in [5, 5.41) is 9.43. The highest BCUT2D eigenvalue weighted by molar-refractivity contribution is 5.62. The van der Waals surface area contributed by atoms with Gasteiger partial charge in [0.25, 0.3) is 0 Å². The third-order valence-corrected chi connectivity index (χ3v) is 3.62. The van der Waals surface area contributed by atoms with E-state index in [0.717, 1.165) is 22.8 Å². The lowest BCUT2D eigenvalue weighted by Gasteiger charge is -2.25. The van der Waals surface area contributed by atoms with Crippen LogP contribution in [0.3, 0.4) is 0 Å². The van der Waals surface area contributed by atoms with Gasteiger partial charge in [-0.15, -0.1) is 0 Å². The van der Waals surface area contributed by atoms with Gasteiger partial charge in [-0.3, -0.25) is 4.98 Å². The van der Waals surface area contributed by atoms with Gasteiger partial charge >= 0.3 is 0 Å². The lowest BCUT2D eigenvalue weighted by Crippen LogP contribution is -2.26. The van der Waals surface area contributed by atoms with E-state index < -0.39 is 0 Å². The standard InChI is InChI=1S/C16H17N3O/c1-11-8-16(15(9-17)12(2)18-11)19(13-5-6-13)10-14-4-3-7-20-14/h3-4,7-8,13H,5-6,10H2,1-2H3. The van der Waals surface area contributed by atoms with Gasteiger partial charge in [0.15, 0.2) is 0 Å². The van der Waals surface area contributed by atoms with Gasteiger partial charge in [-0.1, -0.05) is 0 Å². The number of aromatic nitrogens is 1. The molecule has 1 fully saturated rings. The van der Waals surface area contributed by atoms with Crippen molar-refractivity contribution in [2.45, 2.75) is 39.3 Å². The minimum absolute atomic E-state index is 0.508. The van der Waals surface area contributed by atoms with Crippen molar-refractivity contribution in [1.82, 2.24) is 4.98 Å². The van der Waals surface area contributed by atoms with E-state index in [4.69, 9.17) is 4.42 Å². The normalized spacial score (nSPS) is 14.1. The average molecular weight is 267 g/mol. The number of rotatable bonds is 4. The Morgan fingerprint density at radius 1 is 1.45 bits per heavy atom.